The van der Waals surface area contributed by atoms with Gasteiger partial charge in [-0.2, -0.15) is 0 Å². The molecular weight excluding hydrogens is 216 g/mol. The van der Waals surface area contributed by atoms with Crippen LogP contribution in [0.2, 0.25) is 0 Å². The highest BCUT2D eigenvalue weighted by Crippen LogP contribution is 2.18. The van der Waals surface area contributed by atoms with Gasteiger partial charge in [0.2, 0.25) is 0 Å². The normalized spacial score (nSPS) is 22.5. The summed E-state index contributed by atoms with van der Waals surface area (Å²) in [4.78, 5) is 22.8. The molecule has 1 fully saturated rings. The Hall–Kier alpha value is -1.82. The molecule has 0 amide bonds. The number of hydrogen-bond acceptors (Lipinski definition) is 3. The molecule has 88 valence electrons. The number of rotatable bonds is 0. The van der Waals surface area contributed by atoms with Crippen LogP contribution >= 0.6 is 0 Å². The third-order valence-electron chi connectivity index (χ3n) is 2.93. The van der Waals surface area contributed by atoms with E-state index in [0.29, 0.717) is 36.2 Å². The van der Waals surface area contributed by atoms with Crippen LogP contribution < -0.4 is 0 Å². The van der Waals surface area contributed by atoms with E-state index in [1.165, 1.54) is 0 Å². The molecule has 2 rings (SSSR count). The summed E-state index contributed by atoms with van der Waals surface area (Å²) >= 11 is 0. The fraction of sp³-hybridized carbons (Fsp3) is 0.429. The lowest BCUT2D eigenvalue weighted by atomic mass is 9.98. The molecule has 17 heavy (non-hydrogen) atoms. The van der Waals surface area contributed by atoms with Gasteiger partial charge in [-0.15, -0.1) is 0 Å². The third-order valence-corrected chi connectivity index (χ3v) is 2.93. The van der Waals surface area contributed by atoms with Crippen LogP contribution in [0.5, 0.6) is 0 Å². The second-order valence-corrected chi connectivity index (χ2v) is 4.17. The summed E-state index contributed by atoms with van der Waals surface area (Å²) in [5, 5.41) is 0. The summed E-state index contributed by atoms with van der Waals surface area (Å²) in [5.74, 6) is 5.59. The second-order valence-electron chi connectivity index (χ2n) is 4.17. The van der Waals surface area contributed by atoms with Crippen LogP contribution in [0.1, 0.15) is 32.6 Å². The minimum absolute atomic E-state index is 0.107. The van der Waals surface area contributed by atoms with Gasteiger partial charge in [-0.1, -0.05) is 17.9 Å². The highest BCUT2D eigenvalue weighted by molar-refractivity contribution is 6.00. The van der Waals surface area contributed by atoms with Crippen LogP contribution in [0.15, 0.2) is 22.8 Å². The zero-order valence-corrected chi connectivity index (χ0v) is 9.84. The molecular formula is C14H14O3. The van der Waals surface area contributed by atoms with Crippen molar-refractivity contribution >= 4 is 11.8 Å². The smallest absolute Gasteiger partial charge is 0.335 e. The van der Waals surface area contributed by atoms with Gasteiger partial charge in [0.05, 0.1) is 17.8 Å². The first-order valence-electron chi connectivity index (χ1n) is 5.81. The molecule has 0 atom stereocenters. The van der Waals surface area contributed by atoms with Crippen molar-refractivity contribution in [1.29, 1.82) is 0 Å². The topological polar surface area (TPSA) is 43.4 Å². The zero-order valence-electron chi connectivity index (χ0n) is 9.84. The lowest BCUT2D eigenvalue weighted by Crippen LogP contribution is -2.05. The molecule has 1 aliphatic heterocycles. The van der Waals surface area contributed by atoms with Crippen molar-refractivity contribution in [3.63, 3.8) is 0 Å². The Balaban J connectivity index is 2.19. The monoisotopic (exact) mass is 230 g/mol. The molecule has 0 spiro atoms. The minimum atomic E-state index is -0.277. The minimum Gasteiger partial charge on any atom is -0.462 e. The van der Waals surface area contributed by atoms with Crippen molar-refractivity contribution in [3.05, 3.63) is 22.8 Å². The Morgan fingerprint density at radius 2 is 2.18 bits per heavy atom. The molecule has 0 bridgehead atoms. The first-order chi connectivity index (χ1) is 8.18. The van der Waals surface area contributed by atoms with Crippen LogP contribution in [0.3, 0.4) is 0 Å². The standard InChI is InChI=1S/C14H14O3/c1-10(12-8-9-17-14(12)16)6-7-11-4-2-3-5-13(11)15/h4H,2-3,5,8-9H2,1H3/b12-10+. The average molecular weight is 230 g/mol. The van der Waals surface area contributed by atoms with Gasteiger partial charge in [-0.3, -0.25) is 4.79 Å². The molecule has 1 heterocycles. The van der Waals surface area contributed by atoms with E-state index in [-0.39, 0.29) is 11.8 Å². The van der Waals surface area contributed by atoms with Gasteiger partial charge in [0.15, 0.2) is 5.78 Å². The van der Waals surface area contributed by atoms with Gasteiger partial charge < -0.3 is 4.74 Å². The van der Waals surface area contributed by atoms with Gasteiger partial charge in [0.1, 0.15) is 0 Å². The average Bonchev–Trinajstić information content (AvgIpc) is 2.74. The van der Waals surface area contributed by atoms with E-state index in [0.717, 1.165) is 12.8 Å². The lowest BCUT2D eigenvalue weighted by molar-refractivity contribution is -0.135. The Labute approximate surface area is 101 Å². The number of Topliss-reactive ketones (excluding diaryl/α,β-unsaturated/α-hetero) is 1. The van der Waals surface area contributed by atoms with E-state index < -0.39 is 0 Å². The molecule has 3 nitrogen and oxygen atoms in total. The van der Waals surface area contributed by atoms with Crippen LogP contribution in [-0.2, 0) is 14.3 Å². The van der Waals surface area contributed by atoms with E-state index in [9.17, 15) is 9.59 Å². The molecule has 1 aliphatic carbocycles. The van der Waals surface area contributed by atoms with E-state index in [1.54, 1.807) is 6.92 Å². The molecule has 1 saturated heterocycles. The molecule has 0 aromatic heterocycles. The molecule has 0 aromatic carbocycles. The molecule has 0 unspecified atom stereocenters. The zero-order chi connectivity index (χ0) is 12.3. The predicted octanol–water partition coefficient (Wildman–Crippen LogP) is 1.93. The van der Waals surface area contributed by atoms with Gasteiger partial charge in [0.25, 0.3) is 0 Å². The van der Waals surface area contributed by atoms with Crippen molar-refractivity contribution < 1.29 is 14.3 Å². The number of ether oxygens (including phenoxy) is 1. The van der Waals surface area contributed by atoms with Crippen LogP contribution in [0.25, 0.3) is 0 Å². The predicted molar refractivity (Wildman–Crippen MR) is 63.0 cm³/mol. The van der Waals surface area contributed by atoms with Crippen molar-refractivity contribution in [1.82, 2.24) is 0 Å². The fourth-order valence-electron chi connectivity index (χ4n) is 1.89. The summed E-state index contributed by atoms with van der Waals surface area (Å²) < 4.78 is 4.85. The number of carbonyl (C=O) groups excluding carboxylic acids is 2. The number of carbonyl (C=O) groups is 2. The first kappa shape index (κ1) is 11.7. The molecule has 2 aliphatic rings. The van der Waals surface area contributed by atoms with Gasteiger partial charge in [-0.05, 0) is 19.8 Å². The highest BCUT2D eigenvalue weighted by atomic mass is 16.5. The number of allylic oxidation sites excluding steroid dienone is 3. The SMILES string of the molecule is C/C(C#CC1=CCCCC1=O)=C1/CCOC1=O. The third kappa shape index (κ3) is 2.65. The summed E-state index contributed by atoms with van der Waals surface area (Å²) in [6.07, 6.45) is 4.90. The first-order valence-corrected chi connectivity index (χ1v) is 5.81. The van der Waals surface area contributed by atoms with Crippen molar-refractivity contribution in [2.45, 2.75) is 32.6 Å². The van der Waals surface area contributed by atoms with E-state index >= 15 is 0 Å². The maximum Gasteiger partial charge on any atom is 0.335 e. The van der Waals surface area contributed by atoms with Crippen LogP contribution in [0, 0.1) is 11.8 Å². The van der Waals surface area contributed by atoms with Crippen molar-refractivity contribution in [2.75, 3.05) is 6.61 Å². The fourth-order valence-corrected chi connectivity index (χ4v) is 1.89. The largest absolute Gasteiger partial charge is 0.462 e. The lowest BCUT2D eigenvalue weighted by Gasteiger charge is -2.04. The van der Waals surface area contributed by atoms with E-state index in [2.05, 4.69) is 11.8 Å². The maximum absolute atomic E-state index is 11.5. The summed E-state index contributed by atoms with van der Waals surface area (Å²) in [6, 6.07) is 0. The van der Waals surface area contributed by atoms with Crippen molar-refractivity contribution in [3.8, 4) is 11.8 Å². The maximum atomic E-state index is 11.5. The Bertz CT molecular complexity index is 483. The summed E-state index contributed by atoms with van der Waals surface area (Å²) in [7, 11) is 0. The van der Waals surface area contributed by atoms with Gasteiger partial charge in [0, 0.05) is 18.4 Å². The number of hydrogen-bond donors (Lipinski definition) is 0. The molecule has 3 heteroatoms. The van der Waals surface area contributed by atoms with E-state index in [4.69, 9.17) is 4.74 Å². The van der Waals surface area contributed by atoms with Crippen molar-refractivity contribution in [2.24, 2.45) is 0 Å². The number of ketones is 1. The van der Waals surface area contributed by atoms with Gasteiger partial charge in [-0.25, -0.2) is 4.79 Å². The quantitative estimate of drug-likeness (QED) is 0.363. The molecule has 0 N–H and O–H groups in total. The van der Waals surface area contributed by atoms with Gasteiger partial charge >= 0.3 is 5.97 Å². The summed E-state index contributed by atoms with van der Waals surface area (Å²) in [6.45, 7) is 2.23. The van der Waals surface area contributed by atoms with Crippen LogP contribution in [-0.4, -0.2) is 18.4 Å². The highest BCUT2D eigenvalue weighted by Gasteiger charge is 2.20. The molecule has 0 saturated carbocycles. The second kappa shape index (κ2) is 5.01. The Kier molecular flexibility index (Phi) is 3.43. The Morgan fingerprint density at radius 3 is 2.82 bits per heavy atom. The number of esters is 1. The Morgan fingerprint density at radius 1 is 1.35 bits per heavy atom. The molecule has 0 aromatic rings. The summed E-state index contributed by atoms with van der Waals surface area (Å²) in [5.41, 5.74) is 1.94. The van der Waals surface area contributed by atoms with E-state index in [1.807, 2.05) is 6.08 Å². The van der Waals surface area contributed by atoms with Crippen LogP contribution in [0.4, 0.5) is 0 Å². The molecule has 0 radical (unpaired) electrons. The number of cyclic esters (lactones) is 1.